The molecule has 1 aliphatic heterocycles. The van der Waals surface area contributed by atoms with Crippen LogP contribution in [0, 0.1) is 18.3 Å². The molecule has 1 unspecified atom stereocenters. The number of aromatic nitrogens is 2. The first-order valence-corrected chi connectivity index (χ1v) is 8.51. The van der Waals surface area contributed by atoms with Crippen LogP contribution in [0.5, 0.6) is 0 Å². The molecule has 7 nitrogen and oxygen atoms in total. The summed E-state index contributed by atoms with van der Waals surface area (Å²) in [6, 6.07) is 2.00. The van der Waals surface area contributed by atoms with Gasteiger partial charge in [0.1, 0.15) is 5.82 Å². The van der Waals surface area contributed by atoms with E-state index >= 15 is 0 Å². The number of aryl methyl sites for hydroxylation is 2. The molecule has 0 N–H and O–H groups in total. The van der Waals surface area contributed by atoms with Gasteiger partial charge in [-0.05, 0) is 20.8 Å². The van der Waals surface area contributed by atoms with Gasteiger partial charge in [0.05, 0.1) is 12.1 Å². The molecule has 0 spiro atoms. The second-order valence-corrected chi connectivity index (χ2v) is 7.04. The molecule has 0 aliphatic carbocycles. The standard InChI is InChI=1S/C13H21N5O2S/c1-4-16-10-13(15-12(16)3)21(19,20)18-7-5-17(6-8-18)11(2)9-14/h10-11H,4-8H2,1-3H3. The minimum Gasteiger partial charge on any atom is -0.334 e. The van der Waals surface area contributed by atoms with E-state index in [2.05, 4.69) is 11.1 Å². The van der Waals surface area contributed by atoms with Crippen LogP contribution >= 0.6 is 0 Å². The van der Waals surface area contributed by atoms with Crippen molar-refractivity contribution in [1.29, 1.82) is 5.26 Å². The van der Waals surface area contributed by atoms with Gasteiger partial charge in [0, 0.05) is 38.9 Å². The quantitative estimate of drug-likeness (QED) is 0.805. The Kier molecular flexibility index (Phi) is 4.66. The van der Waals surface area contributed by atoms with E-state index in [0.717, 1.165) is 0 Å². The van der Waals surface area contributed by atoms with Gasteiger partial charge in [-0.15, -0.1) is 0 Å². The van der Waals surface area contributed by atoms with Crippen LogP contribution in [0.3, 0.4) is 0 Å². The molecular weight excluding hydrogens is 290 g/mol. The van der Waals surface area contributed by atoms with E-state index in [1.54, 1.807) is 13.1 Å². The SMILES string of the molecule is CCn1cc(S(=O)(=O)N2CCN(C(C)C#N)CC2)nc1C. The molecule has 2 rings (SSSR count). The Bertz CT molecular complexity index is 638. The zero-order chi connectivity index (χ0) is 15.6. The van der Waals surface area contributed by atoms with Crippen molar-refractivity contribution in [1.82, 2.24) is 18.8 Å². The predicted molar refractivity (Wildman–Crippen MR) is 78.0 cm³/mol. The number of imidazole rings is 1. The van der Waals surface area contributed by atoms with Crippen molar-refractivity contribution in [2.75, 3.05) is 26.2 Å². The van der Waals surface area contributed by atoms with Crippen LogP contribution in [0.4, 0.5) is 0 Å². The summed E-state index contributed by atoms with van der Waals surface area (Å²) in [5.74, 6) is 0.702. The lowest BCUT2D eigenvalue weighted by molar-refractivity contribution is 0.169. The number of nitrogens with zero attached hydrogens (tertiary/aromatic N) is 5. The molecule has 0 aromatic carbocycles. The summed E-state index contributed by atoms with van der Waals surface area (Å²) >= 11 is 0. The molecule has 2 heterocycles. The molecule has 0 radical (unpaired) electrons. The van der Waals surface area contributed by atoms with Gasteiger partial charge < -0.3 is 4.57 Å². The maximum absolute atomic E-state index is 12.6. The summed E-state index contributed by atoms with van der Waals surface area (Å²) in [6.07, 6.45) is 1.59. The lowest BCUT2D eigenvalue weighted by atomic mass is 10.2. The van der Waals surface area contributed by atoms with Crippen LogP contribution in [0.2, 0.25) is 0 Å². The maximum atomic E-state index is 12.6. The lowest BCUT2D eigenvalue weighted by Gasteiger charge is -2.34. The molecule has 1 atom stereocenters. The van der Waals surface area contributed by atoms with Crippen LogP contribution in [0.25, 0.3) is 0 Å². The third-order valence-electron chi connectivity index (χ3n) is 3.91. The number of piperazine rings is 1. The van der Waals surface area contributed by atoms with Crippen molar-refractivity contribution < 1.29 is 8.42 Å². The fourth-order valence-corrected chi connectivity index (χ4v) is 3.89. The molecule has 1 aliphatic rings. The first-order chi connectivity index (χ1) is 9.90. The van der Waals surface area contributed by atoms with E-state index in [1.807, 2.05) is 23.3 Å². The van der Waals surface area contributed by atoms with Gasteiger partial charge in [-0.25, -0.2) is 13.4 Å². The zero-order valence-corrected chi connectivity index (χ0v) is 13.5. The third kappa shape index (κ3) is 3.10. The molecular formula is C13H21N5O2S. The number of hydrogen-bond donors (Lipinski definition) is 0. The minimum absolute atomic E-state index is 0.114. The highest BCUT2D eigenvalue weighted by atomic mass is 32.2. The average Bonchev–Trinajstić information content (AvgIpc) is 2.88. The van der Waals surface area contributed by atoms with Crippen molar-refractivity contribution in [2.24, 2.45) is 0 Å². The Labute approximate surface area is 125 Å². The van der Waals surface area contributed by atoms with Gasteiger partial charge in [0.2, 0.25) is 0 Å². The summed E-state index contributed by atoms with van der Waals surface area (Å²) in [7, 11) is -3.54. The number of rotatable bonds is 4. The normalized spacial score (nSPS) is 19.3. The predicted octanol–water partition coefficient (Wildman–Crippen LogP) is 0.430. The molecule has 116 valence electrons. The summed E-state index contributed by atoms with van der Waals surface area (Å²) in [4.78, 5) is 6.15. The van der Waals surface area contributed by atoms with E-state index in [-0.39, 0.29) is 11.1 Å². The van der Waals surface area contributed by atoms with E-state index in [1.165, 1.54) is 4.31 Å². The van der Waals surface area contributed by atoms with Crippen molar-refractivity contribution in [3.8, 4) is 6.07 Å². The van der Waals surface area contributed by atoms with E-state index < -0.39 is 10.0 Å². The molecule has 0 saturated carbocycles. The summed E-state index contributed by atoms with van der Waals surface area (Å²) in [6.45, 7) is 8.21. The highest BCUT2D eigenvalue weighted by molar-refractivity contribution is 7.89. The highest BCUT2D eigenvalue weighted by Crippen LogP contribution is 2.18. The summed E-state index contributed by atoms with van der Waals surface area (Å²) < 4.78 is 28.4. The average molecular weight is 311 g/mol. The molecule has 1 aromatic heterocycles. The number of hydrogen-bond acceptors (Lipinski definition) is 5. The zero-order valence-electron chi connectivity index (χ0n) is 12.7. The first-order valence-electron chi connectivity index (χ1n) is 7.07. The molecule has 1 fully saturated rings. The fourth-order valence-electron chi connectivity index (χ4n) is 2.47. The fraction of sp³-hybridized carbons (Fsp3) is 0.692. The van der Waals surface area contributed by atoms with Crippen LogP contribution in [0.15, 0.2) is 11.2 Å². The number of sulfonamides is 1. The Balaban J connectivity index is 2.13. The van der Waals surface area contributed by atoms with E-state index in [0.29, 0.717) is 38.5 Å². The van der Waals surface area contributed by atoms with E-state index in [9.17, 15) is 8.42 Å². The molecule has 0 amide bonds. The Hall–Kier alpha value is -1.43. The van der Waals surface area contributed by atoms with E-state index in [4.69, 9.17) is 5.26 Å². The van der Waals surface area contributed by atoms with Crippen molar-refractivity contribution in [3.05, 3.63) is 12.0 Å². The van der Waals surface area contributed by atoms with Crippen molar-refractivity contribution in [3.63, 3.8) is 0 Å². The van der Waals surface area contributed by atoms with Gasteiger partial charge in [-0.2, -0.15) is 9.57 Å². The molecule has 1 saturated heterocycles. The van der Waals surface area contributed by atoms with Crippen LogP contribution in [-0.2, 0) is 16.6 Å². The van der Waals surface area contributed by atoms with Crippen LogP contribution < -0.4 is 0 Å². The molecule has 21 heavy (non-hydrogen) atoms. The highest BCUT2D eigenvalue weighted by Gasteiger charge is 2.31. The van der Waals surface area contributed by atoms with Crippen molar-refractivity contribution in [2.45, 2.75) is 38.4 Å². The second-order valence-electron chi connectivity index (χ2n) is 5.16. The smallest absolute Gasteiger partial charge is 0.262 e. The van der Waals surface area contributed by atoms with Gasteiger partial charge in [-0.3, -0.25) is 4.90 Å². The Morgan fingerprint density at radius 2 is 2.00 bits per heavy atom. The van der Waals surface area contributed by atoms with Gasteiger partial charge in [-0.1, -0.05) is 0 Å². The Morgan fingerprint density at radius 3 is 2.48 bits per heavy atom. The monoisotopic (exact) mass is 311 g/mol. The topological polar surface area (TPSA) is 82.2 Å². The second kappa shape index (κ2) is 6.13. The minimum atomic E-state index is -3.54. The van der Waals surface area contributed by atoms with Gasteiger partial charge in [0.15, 0.2) is 5.03 Å². The number of nitriles is 1. The van der Waals surface area contributed by atoms with Gasteiger partial charge >= 0.3 is 0 Å². The maximum Gasteiger partial charge on any atom is 0.262 e. The largest absolute Gasteiger partial charge is 0.334 e. The third-order valence-corrected chi connectivity index (χ3v) is 5.68. The van der Waals surface area contributed by atoms with Crippen LogP contribution in [-0.4, -0.2) is 59.4 Å². The molecule has 8 heteroatoms. The Morgan fingerprint density at radius 1 is 1.38 bits per heavy atom. The summed E-state index contributed by atoms with van der Waals surface area (Å²) in [5.41, 5.74) is 0. The molecule has 1 aromatic rings. The first kappa shape index (κ1) is 15.9. The molecule has 0 bridgehead atoms. The van der Waals surface area contributed by atoms with Crippen LogP contribution in [0.1, 0.15) is 19.7 Å². The van der Waals surface area contributed by atoms with Crippen molar-refractivity contribution >= 4 is 10.0 Å². The lowest BCUT2D eigenvalue weighted by Crippen LogP contribution is -2.51. The summed E-state index contributed by atoms with van der Waals surface area (Å²) in [5, 5.41) is 9.03. The van der Waals surface area contributed by atoms with Gasteiger partial charge in [0.25, 0.3) is 10.0 Å².